The number of para-hydroxylation sites is 1. The number of benzene rings is 1. The van der Waals surface area contributed by atoms with E-state index in [4.69, 9.17) is 11.6 Å². The topological polar surface area (TPSA) is 75.2 Å². The summed E-state index contributed by atoms with van der Waals surface area (Å²) < 4.78 is 0. The van der Waals surface area contributed by atoms with Gasteiger partial charge in [-0.2, -0.15) is 0 Å². The molecule has 2 aromatic rings. The number of halogens is 1. The summed E-state index contributed by atoms with van der Waals surface area (Å²) in [5.41, 5.74) is 2.17. The van der Waals surface area contributed by atoms with E-state index in [0.717, 1.165) is 0 Å². The van der Waals surface area contributed by atoms with Gasteiger partial charge in [0.25, 0.3) is 0 Å². The predicted octanol–water partition coefficient (Wildman–Crippen LogP) is 2.18. The van der Waals surface area contributed by atoms with Crippen LogP contribution in [0.5, 0.6) is 0 Å². The summed E-state index contributed by atoms with van der Waals surface area (Å²) in [7, 11) is 0. The van der Waals surface area contributed by atoms with Gasteiger partial charge in [-0.05, 0) is 12.1 Å². The summed E-state index contributed by atoms with van der Waals surface area (Å²) >= 11 is 7.34. The Kier molecular flexibility index (Phi) is 3.85. The number of nitrogens with one attached hydrogen (secondary N) is 1. The van der Waals surface area contributed by atoms with Crippen LogP contribution in [0.3, 0.4) is 0 Å². The van der Waals surface area contributed by atoms with Crippen LogP contribution >= 0.6 is 22.9 Å². The van der Waals surface area contributed by atoms with Crippen molar-refractivity contribution in [2.45, 2.75) is 6.42 Å². The molecule has 108 valence electrons. The van der Waals surface area contributed by atoms with Crippen molar-refractivity contribution in [3.63, 3.8) is 0 Å². The van der Waals surface area contributed by atoms with Gasteiger partial charge in [-0.3, -0.25) is 9.59 Å². The van der Waals surface area contributed by atoms with E-state index in [1.165, 1.54) is 16.8 Å². The summed E-state index contributed by atoms with van der Waals surface area (Å²) in [6, 6.07) is 7.10. The molecule has 1 unspecified atom stereocenters. The second-order valence-electron chi connectivity index (χ2n) is 4.59. The molecule has 0 radical (unpaired) electrons. The number of rotatable bonds is 3. The first kappa shape index (κ1) is 14.0. The maximum absolute atomic E-state index is 12.1. The van der Waals surface area contributed by atoms with Crippen LogP contribution in [0.1, 0.15) is 6.42 Å². The summed E-state index contributed by atoms with van der Waals surface area (Å²) in [6.07, 6.45) is 0.163. The number of amides is 2. The first-order valence-corrected chi connectivity index (χ1v) is 7.53. The van der Waals surface area contributed by atoms with E-state index < -0.39 is 5.92 Å². The number of carbonyl (C=O) groups excluding carboxylic acids is 2. The molecule has 1 aliphatic rings. The summed E-state index contributed by atoms with van der Waals surface area (Å²) in [4.78, 5) is 25.8. The van der Waals surface area contributed by atoms with E-state index in [0.29, 0.717) is 22.4 Å². The lowest BCUT2D eigenvalue weighted by molar-refractivity contribution is -0.122. The maximum Gasteiger partial charge on any atom is 0.231 e. The van der Waals surface area contributed by atoms with Crippen LogP contribution in [0.15, 0.2) is 29.8 Å². The number of nitrogens with zero attached hydrogens (tertiary/aromatic N) is 3. The van der Waals surface area contributed by atoms with Gasteiger partial charge in [0, 0.05) is 13.0 Å². The number of hydrogen-bond acceptors (Lipinski definition) is 5. The standard InChI is InChI=1S/C13H11ClN4O2S/c14-9-3-1-2-4-10(9)18-6-8(5-11(18)19)12(20)16-13-17-15-7-21-13/h1-4,7-8H,5-6H2,(H,16,17,20). The van der Waals surface area contributed by atoms with Crippen molar-refractivity contribution in [3.05, 3.63) is 34.8 Å². The largest absolute Gasteiger partial charge is 0.310 e. The molecule has 0 saturated carbocycles. The lowest BCUT2D eigenvalue weighted by Gasteiger charge is -2.17. The Bertz CT molecular complexity index is 677. The molecule has 0 spiro atoms. The van der Waals surface area contributed by atoms with Gasteiger partial charge in [0.15, 0.2) is 0 Å². The molecule has 21 heavy (non-hydrogen) atoms. The van der Waals surface area contributed by atoms with Crippen LogP contribution in [0, 0.1) is 5.92 Å². The molecule has 1 aliphatic heterocycles. The van der Waals surface area contributed by atoms with Crippen LogP contribution in [0.4, 0.5) is 10.8 Å². The first-order valence-electron chi connectivity index (χ1n) is 6.27. The zero-order chi connectivity index (χ0) is 14.8. The summed E-state index contributed by atoms with van der Waals surface area (Å²) in [5.74, 6) is -0.757. The first-order chi connectivity index (χ1) is 10.1. The van der Waals surface area contributed by atoms with Crippen molar-refractivity contribution in [1.82, 2.24) is 10.2 Å². The number of hydrogen-bond donors (Lipinski definition) is 1. The molecule has 6 nitrogen and oxygen atoms in total. The fraction of sp³-hybridized carbons (Fsp3) is 0.231. The minimum absolute atomic E-state index is 0.111. The molecule has 8 heteroatoms. The molecule has 1 aromatic heterocycles. The monoisotopic (exact) mass is 322 g/mol. The van der Waals surface area contributed by atoms with Crippen LogP contribution in [0.2, 0.25) is 5.02 Å². The molecule has 1 N–H and O–H groups in total. The van der Waals surface area contributed by atoms with Gasteiger partial charge in [0.05, 0.1) is 16.6 Å². The molecule has 3 rings (SSSR count). The highest BCUT2D eigenvalue weighted by Gasteiger charge is 2.36. The third kappa shape index (κ3) is 2.88. The molecule has 1 atom stereocenters. The maximum atomic E-state index is 12.1. The SMILES string of the molecule is O=C(Nc1nncs1)C1CC(=O)N(c2ccccc2Cl)C1. The Morgan fingerprint density at radius 1 is 1.43 bits per heavy atom. The van der Waals surface area contributed by atoms with E-state index in [1.54, 1.807) is 23.1 Å². The fourth-order valence-electron chi connectivity index (χ4n) is 2.22. The Labute approximate surface area is 129 Å². The van der Waals surface area contributed by atoms with Gasteiger partial charge >= 0.3 is 0 Å². The zero-order valence-corrected chi connectivity index (χ0v) is 12.4. The second kappa shape index (κ2) is 5.79. The molecule has 0 aliphatic carbocycles. The third-order valence-electron chi connectivity index (χ3n) is 3.23. The van der Waals surface area contributed by atoms with Gasteiger partial charge in [0.1, 0.15) is 5.51 Å². The Morgan fingerprint density at radius 2 is 2.24 bits per heavy atom. The third-order valence-corrected chi connectivity index (χ3v) is 4.16. The minimum Gasteiger partial charge on any atom is -0.310 e. The van der Waals surface area contributed by atoms with E-state index in [1.807, 2.05) is 6.07 Å². The number of anilines is 2. The average molecular weight is 323 g/mol. The van der Waals surface area contributed by atoms with Crippen LogP contribution in [-0.2, 0) is 9.59 Å². The number of carbonyl (C=O) groups is 2. The van der Waals surface area contributed by atoms with Gasteiger partial charge in [-0.25, -0.2) is 0 Å². The van der Waals surface area contributed by atoms with E-state index >= 15 is 0 Å². The van der Waals surface area contributed by atoms with Gasteiger partial charge in [-0.1, -0.05) is 35.1 Å². The van der Waals surface area contributed by atoms with E-state index in [2.05, 4.69) is 15.5 Å². The molecular formula is C13H11ClN4O2S. The zero-order valence-electron chi connectivity index (χ0n) is 10.8. The van der Waals surface area contributed by atoms with Crippen molar-refractivity contribution in [2.75, 3.05) is 16.8 Å². The van der Waals surface area contributed by atoms with Crippen LogP contribution in [0.25, 0.3) is 0 Å². The molecule has 1 saturated heterocycles. The highest BCUT2D eigenvalue weighted by Crippen LogP contribution is 2.31. The lowest BCUT2D eigenvalue weighted by Crippen LogP contribution is -2.28. The molecule has 1 fully saturated rings. The van der Waals surface area contributed by atoms with E-state index in [-0.39, 0.29) is 18.2 Å². The van der Waals surface area contributed by atoms with Crippen molar-refractivity contribution >= 4 is 45.6 Å². The summed E-state index contributed by atoms with van der Waals surface area (Å²) in [5, 5.41) is 11.0. The van der Waals surface area contributed by atoms with Crippen LogP contribution in [-0.4, -0.2) is 28.6 Å². The highest BCUT2D eigenvalue weighted by molar-refractivity contribution is 7.13. The van der Waals surface area contributed by atoms with Crippen molar-refractivity contribution in [3.8, 4) is 0 Å². The average Bonchev–Trinajstić information content (AvgIpc) is 3.09. The van der Waals surface area contributed by atoms with Gasteiger partial charge in [-0.15, -0.1) is 10.2 Å². The highest BCUT2D eigenvalue weighted by atomic mass is 35.5. The van der Waals surface area contributed by atoms with Crippen LogP contribution < -0.4 is 10.2 Å². The second-order valence-corrected chi connectivity index (χ2v) is 5.83. The van der Waals surface area contributed by atoms with Crippen molar-refractivity contribution in [1.29, 1.82) is 0 Å². The molecule has 1 aromatic carbocycles. The predicted molar refractivity (Wildman–Crippen MR) is 80.5 cm³/mol. The van der Waals surface area contributed by atoms with Gasteiger partial charge in [0.2, 0.25) is 16.9 Å². The Balaban J connectivity index is 1.73. The van der Waals surface area contributed by atoms with Crippen molar-refractivity contribution in [2.24, 2.45) is 5.92 Å². The lowest BCUT2D eigenvalue weighted by atomic mass is 10.1. The van der Waals surface area contributed by atoms with Crippen molar-refractivity contribution < 1.29 is 9.59 Å². The normalized spacial score (nSPS) is 18.0. The van der Waals surface area contributed by atoms with E-state index in [9.17, 15) is 9.59 Å². The molecule has 0 bridgehead atoms. The molecule has 2 amide bonds. The smallest absolute Gasteiger partial charge is 0.231 e. The number of aromatic nitrogens is 2. The quantitative estimate of drug-likeness (QED) is 0.939. The minimum atomic E-state index is -0.419. The van der Waals surface area contributed by atoms with Gasteiger partial charge < -0.3 is 10.2 Å². The Hall–Kier alpha value is -1.99. The fourth-order valence-corrected chi connectivity index (χ4v) is 2.91. The molecule has 2 heterocycles. The summed E-state index contributed by atoms with van der Waals surface area (Å²) in [6.45, 7) is 0.313. The Morgan fingerprint density at radius 3 is 2.95 bits per heavy atom. The molecular weight excluding hydrogens is 312 g/mol.